The minimum Gasteiger partial charge on any atom is -0.330 e. The summed E-state index contributed by atoms with van der Waals surface area (Å²) in [5.41, 5.74) is 8.51. The van der Waals surface area contributed by atoms with Crippen molar-refractivity contribution in [3.8, 4) is 0 Å². The smallest absolute Gasteiger partial charge is 0.00715 e. The first-order valence-corrected chi connectivity index (χ1v) is 5.61. The van der Waals surface area contributed by atoms with E-state index in [1.54, 1.807) is 0 Å². The van der Waals surface area contributed by atoms with Crippen LogP contribution in [0.4, 0.5) is 0 Å². The molecule has 0 radical (unpaired) electrons. The Morgan fingerprint density at radius 3 is 2.43 bits per heavy atom. The molecular formula is C13H19N. The molecule has 0 heterocycles. The maximum Gasteiger partial charge on any atom is -0.00715 e. The van der Waals surface area contributed by atoms with Gasteiger partial charge in [-0.3, -0.25) is 0 Å². The summed E-state index contributed by atoms with van der Waals surface area (Å²) in [6.45, 7) is 3.03. The third kappa shape index (κ3) is 2.16. The Kier molecular flexibility index (Phi) is 2.87. The lowest BCUT2D eigenvalue weighted by molar-refractivity contribution is 0.690. The maximum atomic E-state index is 5.55. The summed E-state index contributed by atoms with van der Waals surface area (Å²) in [4.78, 5) is 0. The SMILES string of the molecule is CC(CCN)c1ccc(C2CC2)cc1. The van der Waals surface area contributed by atoms with Gasteiger partial charge in [-0.2, -0.15) is 0 Å². The van der Waals surface area contributed by atoms with Crippen LogP contribution >= 0.6 is 0 Å². The highest BCUT2D eigenvalue weighted by Gasteiger charge is 2.23. The standard InChI is InChI=1S/C13H19N/c1-10(8-9-14)11-2-4-12(5-3-11)13-6-7-13/h2-5,10,13H,6-9,14H2,1H3. The van der Waals surface area contributed by atoms with Crippen molar-refractivity contribution >= 4 is 0 Å². The van der Waals surface area contributed by atoms with E-state index in [-0.39, 0.29) is 0 Å². The fraction of sp³-hybridized carbons (Fsp3) is 0.538. The summed E-state index contributed by atoms with van der Waals surface area (Å²) < 4.78 is 0. The van der Waals surface area contributed by atoms with Gasteiger partial charge >= 0.3 is 0 Å². The van der Waals surface area contributed by atoms with Crippen LogP contribution in [0.3, 0.4) is 0 Å². The van der Waals surface area contributed by atoms with E-state index in [9.17, 15) is 0 Å². The molecule has 1 unspecified atom stereocenters. The zero-order valence-corrected chi connectivity index (χ0v) is 8.87. The highest BCUT2D eigenvalue weighted by atomic mass is 14.5. The van der Waals surface area contributed by atoms with Crippen LogP contribution in [0.1, 0.15) is 49.1 Å². The van der Waals surface area contributed by atoms with Gasteiger partial charge < -0.3 is 5.73 Å². The average molecular weight is 189 g/mol. The van der Waals surface area contributed by atoms with Crippen molar-refractivity contribution in [2.24, 2.45) is 5.73 Å². The molecule has 14 heavy (non-hydrogen) atoms. The Hall–Kier alpha value is -0.820. The first-order valence-electron chi connectivity index (χ1n) is 5.61. The molecule has 1 aliphatic carbocycles. The quantitative estimate of drug-likeness (QED) is 0.774. The van der Waals surface area contributed by atoms with Gasteiger partial charge in [-0.05, 0) is 48.8 Å². The third-order valence-corrected chi connectivity index (χ3v) is 3.15. The van der Waals surface area contributed by atoms with Crippen LogP contribution in [0.5, 0.6) is 0 Å². The monoisotopic (exact) mass is 189 g/mol. The van der Waals surface area contributed by atoms with Crippen LogP contribution in [0, 0.1) is 0 Å². The van der Waals surface area contributed by atoms with E-state index in [0.29, 0.717) is 5.92 Å². The zero-order chi connectivity index (χ0) is 9.97. The van der Waals surface area contributed by atoms with E-state index < -0.39 is 0 Å². The molecule has 1 aliphatic rings. The summed E-state index contributed by atoms with van der Waals surface area (Å²) in [6, 6.07) is 9.13. The number of benzene rings is 1. The largest absolute Gasteiger partial charge is 0.330 e. The van der Waals surface area contributed by atoms with Gasteiger partial charge in [0.15, 0.2) is 0 Å². The van der Waals surface area contributed by atoms with Gasteiger partial charge in [0.1, 0.15) is 0 Å². The van der Waals surface area contributed by atoms with Crippen molar-refractivity contribution in [1.82, 2.24) is 0 Å². The second-order valence-electron chi connectivity index (χ2n) is 4.42. The van der Waals surface area contributed by atoms with Crippen LogP contribution in [-0.4, -0.2) is 6.54 Å². The summed E-state index contributed by atoms with van der Waals surface area (Å²) >= 11 is 0. The van der Waals surface area contributed by atoms with Gasteiger partial charge in [0.05, 0.1) is 0 Å². The molecule has 76 valence electrons. The Labute approximate surface area is 86.3 Å². The van der Waals surface area contributed by atoms with Crippen LogP contribution in [-0.2, 0) is 0 Å². The summed E-state index contributed by atoms with van der Waals surface area (Å²) in [5, 5.41) is 0. The Morgan fingerprint density at radius 1 is 1.29 bits per heavy atom. The normalized spacial score (nSPS) is 18.1. The second kappa shape index (κ2) is 4.14. The van der Waals surface area contributed by atoms with Gasteiger partial charge in [0.2, 0.25) is 0 Å². The van der Waals surface area contributed by atoms with Gasteiger partial charge in [-0.25, -0.2) is 0 Å². The fourth-order valence-electron chi connectivity index (χ4n) is 1.93. The van der Waals surface area contributed by atoms with Gasteiger partial charge in [0, 0.05) is 0 Å². The molecule has 1 fully saturated rings. The summed E-state index contributed by atoms with van der Waals surface area (Å²) in [5.74, 6) is 1.47. The van der Waals surface area contributed by atoms with Crippen molar-refractivity contribution in [3.63, 3.8) is 0 Å². The van der Waals surface area contributed by atoms with Gasteiger partial charge in [0.25, 0.3) is 0 Å². The molecule has 2 rings (SSSR count). The lowest BCUT2D eigenvalue weighted by Gasteiger charge is -2.10. The highest BCUT2D eigenvalue weighted by Crippen LogP contribution is 2.40. The third-order valence-electron chi connectivity index (χ3n) is 3.15. The van der Waals surface area contributed by atoms with Crippen molar-refractivity contribution in [1.29, 1.82) is 0 Å². The first kappa shape index (κ1) is 9.72. The number of nitrogens with two attached hydrogens (primary N) is 1. The lowest BCUT2D eigenvalue weighted by atomic mass is 9.96. The van der Waals surface area contributed by atoms with E-state index >= 15 is 0 Å². The number of hydrogen-bond donors (Lipinski definition) is 1. The molecule has 0 bridgehead atoms. The van der Waals surface area contributed by atoms with Crippen LogP contribution in [0.15, 0.2) is 24.3 Å². The zero-order valence-electron chi connectivity index (χ0n) is 8.87. The molecule has 0 amide bonds. The molecule has 2 N–H and O–H groups in total. The predicted molar refractivity (Wildman–Crippen MR) is 60.5 cm³/mol. The van der Waals surface area contributed by atoms with E-state index in [0.717, 1.165) is 18.9 Å². The molecule has 0 aliphatic heterocycles. The van der Waals surface area contributed by atoms with Crippen LogP contribution in [0.2, 0.25) is 0 Å². The minimum atomic E-state index is 0.605. The molecule has 1 saturated carbocycles. The first-order chi connectivity index (χ1) is 6.81. The molecule has 1 nitrogen and oxygen atoms in total. The lowest BCUT2D eigenvalue weighted by Crippen LogP contribution is -2.04. The van der Waals surface area contributed by atoms with Gasteiger partial charge in [-0.15, -0.1) is 0 Å². The molecule has 1 aromatic carbocycles. The molecule has 0 spiro atoms. The molecule has 1 aromatic rings. The van der Waals surface area contributed by atoms with Crippen molar-refractivity contribution in [2.45, 2.75) is 38.0 Å². The Balaban J connectivity index is 2.04. The summed E-state index contributed by atoms with van der Waals surface area (Å²) in [6.07, 6.45) is 3.86. The second-order valence-corrected chi connectivity index (χ2v) is 4.42. The van der Waals surface area contributed by atoms with Crippen molar-refractivity contribution in [2.75, 3.05) is 6.54 Å². The highest BCUT2D eigenvalue weighted by molar-refractivity contribution is 5.29. The fourth-order valence-corrected chi connectivity index (χ4v) is 1.93. The van der Waals surface area contributed by atoms with E-state index in [4.69, 9.17) is 5.73 Å². The van der Waals surface area contributed by atoms with E-state index in [1.807, 2.05) is 0 Å². The maximum absolute atomic E-state index is 5.55. The number of hydrogen-bond acceptors (Lipinski definition) is 1. The number of rotatable bonds is 4. The molecule has 1 heteroatoms. The van der Waals surface area contributed by atoms with E-state index in [1.165, 1.54) is 24.0 Å². The van der Waals surface area contributed by atoms with Crippen LogP contribution in [0.25, 0.3) is 0 Å². The molecule has 0 saturated heterocycles. The Bertz CT molecular complexity index is 285. The molecule has 0 aromatic heterocycles. The van der Waals surface area contributed by atoms with E-state index in [2.05, 4.69) is 31.2 Å². The van der Waals surface area contributed by atoms with Crippen LogP contribution < -0.4 is 5.73 Å². The minimum absolute atomic E-state index is 0.605. The Morgan fingerprint density at radius 2 is 1.93 bits per heavy atom. The molecule has 1 atom stereocenters. The molecular weight excluding hydrogens is 170 g/mol. The summed E-state index contributed by atoms with van der Waals surface area (Å²) in [7, 11) is 0. The topological polar surface area (TPSA) is 26.0 Å². The van der Waals surface area contributed by atoms with Crippen molar-refractivity contribution in [3.05, 3.63) is 35.4 Å². The van der Waals surface area contributed by atoms with Crippen molar-refractivity contribution < 1.29 is 0 Å². The predicted octanol–water partition coefficient (Wildman–Crippen LogP) is 3.02. The van der Waals surface area contributed by atoms with Gasteiger partial charge in [-0.1, -0.05) is 31.2 Å². The average Bonchev–Trinajstić information content (AvgIpc) is 3.02.